The fourth-order valence-electron chi connectivity index (χ4n) is 2.40. The monoisotopic (exact) mass is 218 g/mol. The van der Waals surface area contributed by atoms with Crippen molar-refractivity contribution in [1.29, 1.82) is 0 Å². The summed E-state index contributed by atoms with van der Waals surface area (Å²) in [6, 6.07) is 8.81. The van der Waals surface area contributed by atoms with Gasteiger partial charge in [-0.3, -0.25) is 4.90 Å². The van der Waals surface area contributed by atoms with Crippen molar-refractivity contribution in [2.75, 3.05) is 13.1 Å². The van der Waals surface area contributed by atoms with E-state index >= 15 is 0 Å². The number of hydrogen-bond acceptors (Lipinski definition) is 2. The molecule has 0 aromatic heterocycles. The highest BCUT2D eigenvalue weighted by Crippen LogP contribution is 2.21. The van der Waals surface area contributed by atoms with E-state index in [-0.39, 0.29) is 6.17 Å². The van der Waals surface area contributed by atoms with Crippen molar-refractivity contribution in [3.63, 3.8) is 0 Å². The van der Waals surface area contributed by atoms with Gasteiger partial charge in [-0.05, 0) is 43.5 Å². The van der Waals surface area contributed by atoms with E-state index in [2.05, 4.69) is 36.1 Å². The maximum absolute atomic E-state index is 6.25. The standard InChI is InChI=1S/C14H22N2/c1-2-5-12-6-8-13(9-7-12)14(15)16-10-3-4-11-16/h6-9,14H,2-5,10-11,15H2,1H3. The van der Waals surface area contributed by atoms with Gasteiger partial charge >= 0.3 is 0 Å². The average molecular weight is 218 g/mol. The lowest BCUT2D eigenvalue weighted by molar-refractivity contribution is 0.251. The largest absolute Gasteiger partial charge is 0.312 e. The molecule has 1 heterocycles. The molecule has 2 rings (SSSR count). The SMILES string of the molecule is CCCc1ccc(C(N)N2CCCC2)cc1. The van der Waals surface area contributed by atoms with Gasteiger partial charge in [-0.15, -0.1) is 0 Å². The van der Waals surface area contributed by atoms with Crippen LogP contribution in [0.1, 0.15) is 43.5 Å². The molecule has 88 valence electrons. The van der Waals surface area contributed by atoms with E-state index in [0.29, 0.717) is 0 Å². The highest BCUT2D eigenvalue weighted by Gasteiger charge is 2.19. The molecule has 0 radical (unpaired) electrons. The molecule has 1 aliphatic heterocycles. The van der Waals surface area contributed by atoms with Crippen molar-refractivity contribution in [3.05, 3.63) is 35.4 Å². The molecule has 1 fully saturated rings. The average Bonchev–Trinajstić information content (AvgIpc) is 2.83. The van der Waals surface area contributed by atoms with Gasteiger partial charge in [-0.25, -0.2) is 0 Å². The van der Waals surface area contributed by atoms with Crippen LogP contribution in [0.3, 0.4) is 0 Å². The second-order valence-electron chi connectivity index (χ2n) is 4.68. The van der Waals surface area contributed by atoms with Crippen molar-refractivity contribution in [2.45, 2.75) is 38.8 Å². The normalized spacial score (nSPS) is 18.9. The summed E-state index contributed by atoms with van der Waals surface area (Å²) >= 11 is 0. The third-order valence-electron chi connectivity index (χ3n) is 3.39. The van der Waals surface area contributed by atoms with E-state index in [1.807, 2.05) is 0 Å². The van der Waals surface area contributed by atoms with Crippen LogP contribution in [0, 0.1) is 0 Å². The maximum Gasteiger partial charge on any atom is 0.0835 e. The van der Waals surface area contributed by atoms with E-state index in [1.54, 1.807) is 0 Å². The molecule has 0 aliphatic carbocycles. The van der Waals surface area contributed by atoms with Crippen molar-refractivity contribution in [2.24, 2.45) is 5.73 Å². The summed E-state index contributed by atoms with van der Waals surface area (Å²) in [5.74, 6) is 0. The van der Waals surface area contributed by atoms with Gasteiger partial charge in [0.25, 0.3) is 0 Å². The summed E-state index contributed by atoms with van der Waals surface area (Å²) in [6.45, 7) is 4.51. The summed E-state index contributed by atoms with van der Waals surface area (Å²) in [4.78, 5) is 2.37. The second-order valence-corrected chi connectivity index (χ2v) is 4.68. The minimum absolute atomic E-state index is 0.0955. The zero-order chi connectivity index (χ0) is 11.4. The van der Waals surface area contributed by atoms with Crippen LogP contribution in [0.25, 0.3) is 0 Å². The topological polar surface area (TPSA) is 29.3 Å². The molecular weight excluding hydrogens is 196 g/mol. The van der Waals surface area contributed by atoms with Crippen LogP contribution in [-0.4, -0.2) is 18.0 Å². The van der Waals surface area contributed by atoms with Crippen molar-refractivity contribution in [1.82, 2.24) is 4.90 Å². The van der Waals surface area contributed by atoms with E-state index in [0.717, 1.165) is 13.1 Å². The molecule has 1 aromatic carbocycles. The lowest BCUT2D eigenvalue weighted by atomic mass is 10.1. The Hall–Kier alpha value is -0.860. The molecule has 2 N–H and O–H groups in total. The number of likely N-dealkylation sites (tertiary alicyclic amines) is 1. The molecule has 1 aromatic rings. The van der Waals surface area contributed by atoms with Gasteiger partial charge in [0.2, 0.25) is 0 Å². The first kappa shape index (κ1) is 11.6. The minimum atomic E-state index is 0.0955. The van der Waals surface area contributed by atoms with Crippen molar-refractivity contribution < 1.29 is 0 Å². The van der Waals surface area contributed by atoms with Gasteiger partial charge in [0.1, 0.15) is 0 Å². The molecular formula is C14H22N2. The number of hydrogen-bond donors (Lipinski definition) is 1. The van der Waals surface area contributed by atoms with Crippen LogP contribution in [0.4, 0.5) is 0 Å². The molecule has 2 heteroatoms. The fourth-order valence-corrected chi connectivity index (χ4v) is 2.40. The van der Waals surface area contributed by atoms with Gasteiger partial charge in [-0.2, -0.15) is 0 Å². The van der Waals surface area contributed by atoms with E-state index in [1.165, 1.54) is 36.8 Å². The molecule has 0 spiro atoms. The van der Waals surface area contributed by atoms with Crippen molar-refractivity contribution in [3.8, 4) is 0 Å². The van der Waals surface area contributed by atoms with E-state index in [9.17, 15) is 0 Å². The molecule has 2 nitrogen and oxygen atoms in total. The van der Waals surface area contributed by atoms with Gasteiger partial charge in [0, 0.05) is 0 Å². The van der Waals surface area contributed by atoms with E-state index < -0.39 is 0 Å². The predicted octanol–water partition coefficient (Wildman–Crippen LogP) is 2.69. The molecule has 1 unspecified atom stereocenters. The Bertz CT molecular complexity index is 312. The third-order valence-corrected chi connectivity index (χ3v) is 3.39. The predicted molar refractivity (Wildman–Crippen MR) is 68.2 cm³/mol. The molecule has 1 atom stereocenters. The Morgan fingerprint density at radius 1 is 1.19 bits per heavy atom. The summed E-state index contributed by atoms with van der Waals surface area (Å²) in [6.07, 6.45) is 5.05. The zero-order valence-electron chi connectivity index (χ0n) is 10.2. The second kappa shape index (κ2) is 5.46. The molecule has 0 saturated carbocycles. The Kier molecular flexibility index (Phi) is 3.97. The Labute approximate surface area is 98.4 Å². The highest BCUT2D eigenvalue weighted by atomic mass is 15.2. The number of rotatable bonds is 4. The van der Waals surface area contributed by atoms with Crippen LogP contribution >= 0.6 is 0 Å². The zero-order valence-corrected chi connectivity index (χ0v) is 10.2. The first-order valence-corrected chi connectivity index (χ1v) is 6.39. The van der Waals surface area contributed by atoms with Crippen LogP contribution in [0.2, 0.25) is 0 Å². The number of benzene rings is 1. The quantitative estimate of drug-likeness (QED) is 0.842. The maximum atomic E-state index is 6.25. The summed E-state index contributed by atoms with van der Waals surface area (Å²) in [7, 11) is 0. The summed E-state index contributed by atoms with van der Waals surface area (Å²) in [5, 5.41) is 0. The third kappa shape index (κ3) is 2.63. The number of nitrogens with two attached hydrogens (primary N) is 1. The van der Waals surface area contributed by atoms with Gasteiger partial charge in [0.05, 0.1) is 6.17 Å². The first-order valence-electron chi connectivity index (χ1n) is 6.39. The Morgan fingerprint density at radius 2 is 1.81 bits per heavy atom. The van der Waals surface area contributed by atoms with Crippen LogP contribution < -0.4 is 5.73 Å². The smallest absolute Gasteiger partial charge is 0.0835 e. The summed E-state index contributed by atoms with van der Waals surface area (Å²) < 4.78 is 0. The minimum Gasteiger partial charge on any atom is -0.312 e. The van der Waals surface area contributed by atoms with Gasteiger partial charge in [0.15, 0.2) is 0 Å². The van der Waals surface area contributed by atoms with Gasteiger partial charge < -0.3 is 5.73 Å². The van der Waals surface area contributed by atoms with Crippen molar-refractivity contribution >= 4 is 0 Å². The number of nitrogens with zero attached hydrogens (tertiary/aromatic N) is 1. The number of aryl methyl sites for hydroxylation is 1. The van der Waals surface area contributed by atoms with Crippen LogP contribution in [-0.2, 0) is 6.42 Å². The first-order chi connectivity index (χ1) is 7.81. The Balaban J connectivity index is 2.02. The fraction of sp³-hybridized carbons (Fsp3) is 0.571. The van der Waals surface area contributed by atoms with Crippen LogP contribution in [0.5, 0.6) is 0 Å². The van der Waals surface area contributed by atoms with Crippen LogP contribution in [0.15, 0.2) is 24.3 Å². The lowest BCUT2D eigenvalue weighted by Crippen LogP contribution is -2.31. The summed E-state index contributed by atoms with van der Waals surface area (Å²) in [5.41, 5.74) is 8.92. The van der Waals surface area contributed by atoms with Gasteiger partial charge in [-0.1, -0.05) is 37.6 Å². The molecule has 16 heavy (non-hydrogen) atoms. The van der Waals surface area contributed by atoms with E-state index in [4.69, 9.17) is 5.73 Å². The molecule has 1 aliphatic rings. The lowest BCUT2D eigenvalue weighted by Gasteiger charge is -2.23. The molecule has 0 amide bonds. The Morgan fingerprint density at radius 3 is 2.38 bits per heavy atom. The molecule has 0 bridgehead atoms. The highest BCUT2D eigenvalue weighted by molar-refractivity contribution is 5.24. The molecule has 1 saturated heterocycles.